The number of hydrogen-bond acceptors (Lipinski definition) is 8. The summed E-state index contributed by atoms with van der Waals surface area (Å²) in [6.45, 7) is 11.8. The smallest absolute Gasteiger partial charge is 0.236 e. The van der Waals surface area contributed by atoms with Crippen LogP contribution >= 0.6 is 0 Å². The van der Waals surface area contributed by atoms with Crippen molar-refractivity contribution >= 4 is 23.6 Å². The predicted molar refractivity (Wildman–Crippen MR) is 128 cm³/mol. The highest BCUT2D eigenvalue weighted by molar-refractivity contribution is 5.77. The van der Waals surface area contributed by atoms with Gasteiger partial charge in [-0.2, -0.15) is 5.10 Å². The lowest BCUT2D eigenvalue weighted by molar-refractivity contribution is -0.129. The van der Waals surface area contributed by atoms with Gasteiger partial charge in [0.15, 0.2) is 0 Å². The molecule has 0 atom stereocenters. The van der Waals surface area contributed by atoms with Gasteiger partial charge in [-0.05, 0) is 39.8 Å². The molecule has 1 aromatic heterocycles. The minimum absolute atomic E-state index is 0.132. The van der Waals surface area contributed by atoms with Crippen molar-refractivity contribution in [3.05, 3.63) is 30.1 Å². The van der Waals surface area contributed by atoms with Gasteiger partial charge in [-0.25, -0.2) is 10.8 Å². The number of aromatic nitrogens is 1. The van der Waals surface area contributed by atoms with E-state index in [4.69, 9.17) is 5.84 Å². The van der Waals surface area contributed by atoms with E-state index in [9.17, 15) is 4.79 Å². The van der Waals surface area contributed by atoms with E-state index in [1.165, 1.54) is 0 Å². The molecule has 1 fully saturated rings. The molecule has 0 aliphatic carbocycles. The lowest BCUT2D eigenvalue weighted by Crippen LogP contribution is -2.49. The van der Waals surface area contributed by atoms with Crippen LogP contribution in [0.3, 0.4) is 0 Å². The van der Waals surface area contributed by atoms with Crippen LogP contribution in [0.5, 0.6) is 0 Å². The zero-order valence-corrected chi connectivity index (χ0v) is 20.0. The Morgan fingerprint density at radius 2 is 1.90 bits per heavy atom. The summed E-state index contributed by atoms with van der Waals surface area (Å²) in [4.78, 5) is 22.6. The van der Waals surface area contributed by atoms with Crippen molar-refractivity contribution in [1.29, 1.82) is 0 Å². The summed E-state index contributed by atoms with van der Waals surface area (Å²) in [6.07, 6.45) is 5.66. The largest absolute Gasteiger partial charge is 0.354 e. The molecule has 0 unspecified atom stereocenters. The predicted octanol–water partition coefficient (Wildman–Crippen LogP) is 1.59. The van der Waals surface area contributed by atoms with Crippen LogP contribution in [0.2, 0.25) is 0 Å². The number of carbonyl (C=O) groups is 1. The van der Waals surface area contributed by atoms with Gasteiger partial charge in [-0.3, -0.25) is 19.7 Å². The Bertz CT molecular complexity index is 796. The molecule has 31 heavy (non-hydrogen) atoms. The summed E-state index contributed by atoms with van der Waals surface area (Å²) in [7, 11) is 5.53. The van der Waals surface area contributed by atoms with Crippen molar-refractivity contribution in [2.75, 3.05) is 63.8 Å². The molecule has 1 aliphatic heterocycles. The van der Waals surface area contributed by atoms with E-state index in [-0.39, 0.29) is 11.4 Å². The number of allylic oxidation sites excluding steroid dienone is 1. The molecular formula is C22H38N8O. The lowest BCUT2D eigenvalue weighted by atomic mass is 10.0. The second kappa shape index (κ2) is 10.6. The van der Waals surface area contributed by atoms with Crippen molar-refractivity contribution in [3.63, 3.8) is 0 Å². The van der Waals surface area contributed by atoms with Gasteiger partial charge in [0, 0.05) is 71.5 Å². The summed E-state index contributed by atoms with van der Waals surface area (Å²) >= 11 is 0. The van der Waals surface area contributed by atoms with Crippen LogP contribution in [0.15, 0.2) is 35.2 Å². The molecule has 2 N–H and O–H groups in total. The van der Waals surface area contributed by atoms with Crippen molar-refractivity contribution in [1.82, 2.24) is 19.8 Å². The van der Waals surface area contributed by atoms with E-state index in [2.05, 4.69) is 39.8 Å². The van der Waals surface area contributed by atoms with Crippen LogP contribution in [0.25, 0.3) is 0 Å². The first-order chi connectivity index (χ1) is 14.5. The van der Waals surface area contributed by atoms with Crippen molar-refractivity contribution < 1.29 is 4.79 Å². The standard InChI is InChI=1S/C22H38N8O/c1-8-25-27(7)22(3,4)16-18(2)30(23)19-9-10-24-20(15-19)29-13-11-28(12-14-29)17-21(31)26(5)6/h8-10,15-16H,11-14,17,23H2,1-7H3/b18-16+,25-8-. The topological polar surface area (TPSA) is 84.5 Å². The monoisotopic (exact) mass is 430 g/mol. The maximum Gasteiger partial charge on any atom is 0.236 e. The molecule has 0 bridgehead atoms. The Morgan fingerprint density at radius 1 is 1.26 bits per heavy atom. The third-order valence-electron chi connectivity index (χ3n) is 5.63. The molecule has 0 saturated carbocycles. The number of carbonyl (C=O) groups excluding carboxylic acids is 1. The summed E-state index contributed by atoms with van der Waals surface area (Å²) in [5.74, 6) is 7.46. The second-order valence-corrected chi connectivity index (χ2v) is 8.63. The number of hydrazine groups is 1. The van der Waals surface area contributed by atoms with Crippen LogP contribution in [-0.4, -0.2) is 91.3 Å². The van der Waals surface area contributed by atoms with Crippen LogP contribution in [0.1, 0.15) is 27.7 Å². The van der Waals surface area contributed by atoms with E-state index < -0.39 is 0 Å². The van der Waals surface area contributed by atoms with Gasteiger partial charge in [-0.15, -0.1) is 0 Å². The zero-order valence-electron chi connectivity index (χ0n) is 20.0. The highest BCUT2D eigenvalue weighted by Gasteiger charge is 2.23. The number of rotatable bonds is 8. The molecule has 9 heteroatoms. The van der Waals surface area contributed by atoms with Crippen molar-refractivity contribution in [2.24, 2.45) is 10.9 Å². The van der Waals surface area contributed by atoms with Crippen molar-refractivity contribution in [2.45, 2.75) is 33.2 Å². The molecule has 1 amide bonds. The lowest BCUT2D eigenvalue weighted by Gasteiger charge is -2.36. The molecule has 0 radical (unpaired) electrons. The molecule has 9 nitrogen and oxygen atoms in total. The number of nitrogens with zero attached hydrogens (tertiary/aromatic N) is 7. The normalized spacial score (nSPS) is 16.0. The van der Waals surface area contributed by atoms with Crippen LogP contribution < -0.4 is 15.8 Å². The van der Waals surface area contributed by atoms with Crippen LogP contribution in [-0.2, 0) is 4.79 Å². The molecular weight excluding hydrogens is 392 g/mol. The molecule has 1 aromatic rings. The molecule has 2 heterocycles. The number of nitrogens with two attached hydrogens (primary N) is 1. The van der Waals surface area contributed by atoms with E-state index in [1.54, 1.807) is 36.4 Å². The highest BCUT2D eigenvalue weighted by atomic mass is 16.2. The summed E-state index contributed by atoms with van der Waals surface area (Å²) < 4.78 is 0. The third-order valence-corrected chi connectivity index (χ3v) is 5.63. The molecule has 0 aromatic carbocycles. The number of likely N-dealkylation sites (N-methyl/N-ethyl adjacent to an activating group) is 2. The average molecular weight is 431 g/mol. The van der Waals surface area contributed by atoms with E-state index in [0.29, 0.717) is 6.54 Å². The van der Waals surface area contributed by atoms with Gasteiger partial charge in [0.25, 0.3) is 0 Å². The van der Waals surface area contributed by atoms with E-state index in [1.807, 2.05) is 38.0 Å². The van der Waals surface area contributed by atoms with Gasteiger partial charge in [0.2, 0.25) is 5.91 Å². The third kappa shape index (κ3) is 6.67. The first-order valence-electron chi connectivity index (χ1n) is 10.7. The first-order valence-corrected chi connectivity index (χ1v) is 10.7. The zero-order chi connectivity index (χ0) is 23.2. The van der Waals surface area contributed by atoms with E-state index >= 15 is 0 Å². The Hall–Kier alpha value is -2.65. The van der Waals surface area contributed by atoms with Gasteiger partial charge in [0.05, 0.1) is 17.8 Å². The van der Waals surface area contributed by atoms with E-state index in [0.717, 1.165) is 43.4 Å². The SMILES string of the molecule is C/C=N\N(C)C(C)(C)/C=C(\C)N(N)c1ccnc(N2CCN(CC(=O)N(C)C)CC2)c1. The summed E-state index contributed by atoms with van der Waals surface area (Å²) in [6, 6.07) is 3.92. The fourth-order valence-electron chi connectivity index (χ4n) is 3.40. The summed E-state index contributed by atoms with van der Waals surface area (Å²) in [5, 5.41) is 7.94. The Morgan fingerprint density at radius 3 is 2.48 bits per heavy atom. The van der Waals surface area contributed by atoms with Crippen LogP contribution in [0, 0.1) is 0 Å². The molecule has 0 spiro atoms. The quantitative estimate of drug-likeness (QED) is 0.381. The van der Waals surface area contributed by atoms with Crippen molar-refractivity contribution in [3.8, 4) is 0 Å². The summed E-state index contributed by atoms with van der Waals surface area (Å²) in [5.41, 5.74) is 1.51. The second-order valence-electron chi connectivity index (χ2n) is 8.63. The molecule has 2 rings (SSSR count). The Labute approximate surface area is 186 Å². The maximum absolute atomic E-state index is 11.9. The minimum Gasteiger partial charge on any atom is -0.354 e. The number of piperazine rings is 1. The fraction of sp³-hybridized carbons (Fsp3) is 0.591. The fourth-order valence-corrected chi connectivity index (χ4v) is 3.40. The number of hydrazone groups is 1. The average Bonchev–Trinajstić information content (AvgIpc) is 2.73. The molecule has 1 aliphatic rings. The Kier molecular flexibility index (Phi) is 8.41. The van der Waals surface area contributed by atoms with Gasteiger partial charge in [0.1, 0.15) is 5.82 Å². The van der Waals surface area contributed by atoms with Crippen LogP contribution in [0.4, 0.5) is 11.5 Å². The Balaban J connectivity index is 2.06. The van der Waals surface area contributed by atoms with Gasteiger partial charge >= 0.3 is 0 Å². The number of amides is 1. The van der Waals surface area contributed by atoms with Gasteiger partial charge < -0.3 is 9.80 Å². The molecule has 1 saturated heterocycles. The number of hydrogen-bond donors (Lipinski definition) is 1. The van der Waals surface area contributed by atoms with Gasteiger partial charge in [-0.1, -0.05) is 0 Å². The number of anilines is 2. The maximum atomic E-state index is 11.9. The first kappa shape index (κ1) is 24.6. The minimum atomic E-state index is -0.287. The number of pyridine rings is 1. The molecule has 172 valence electrons. The highest BCUT2D eigenvalue weighted by Crippen LogP contribution is 2.24.